The first-order chi connectivity index (χ1) is 26.9. The van der Waals surface area contributed by atoms with Crippen molar-refractivity contribution >= 4 is 19.8 Å². The Morgan fingerprint density at radius 2 is 1.21 bits per heavy atom. The van der Waals surface area contributed by atoms with Crippen molar-refractivity contribution in [3.8, 4) is 0 Å². The van der Waals surface area contributed by atoms with Crippen LogP contribution >= 0.6 is 7.82 Å². The van der Waals surface area contributed by atoms with Gasteiger partial charge in [0.2, 0.25) is 0 Å². The minimum Gasteiger partial charge on any atom is -0.756 e. The van der Waals surface area contributed by atoms with E-state index in [1.807, 2.05) is 57.6 Å². The van der Waals surface area contributed by atoms with Gasteiger partial charge in [0, 0.05) is 12.8 Å². The van der Waals surface area contributed by atoms with Crippen LogP contribution in [0.5, 0.6) is 0 Å². The van der Waals surface area contributed by atoms with Crippen LogP contribution in [0.1, 0.15) is 168 Å². The van der Waals surface area contributed by atoms with Crippen LogP contribution in [0.25, 0.3) is 0 Å². The first-order valence-corrected chi connectivity index (χ1v) is 23.4. The minimum absolute atomic E-state index is 0.0529. The highest BCUT2D eigenvalue weighted by Gasteiger charge is 2.21. The first kappa shape index (κ1) is 53.9. The van der Waals surface area contributed by atoms with Crippen molar-refractivity contribution in [2.24, 2.45) is 0 Å². The van der Waals surface area contributed by atoms with Gasteiger partial charge < -0.3 is 33.0 Å². The van der Waals surface area contributed by atoms with Crippen LogP contribution in [0.4, 0.5) is 0 Å². The zero-order valence-corrected chi connectivity index (χ0v) is 37.1. The van der Waals surface area contributed by atoms with Crippen LogP contribution in [0.2, 0.25) is 0 Å². The molecule has 56 heavy (non-hydrogen) atoms. The Morgan fingerprint density at radius 3 is 1.84 bits per heavy atom. The molecule has 0 heterocycles. The van der Waals surface area contributed by atoms with Crippen molar-refractivity contribution in [2.45, 2.75) is 180 Å². The molecule has 0 aliphatic heterocycles. The van der Waals surface area contributed by atoms with Crippen molar-refractivity contribution in [1.82, 2.24) is 0 Å². The normalized spacial score (nSPS) is 14.6. The summed E-state index contributed by atoms with van der Waals surface area (Å²) in [6.07, 6.45) is 38.8. The highest BCUT2D eigenvalue weighted by atomic mass is 31.2. The average Bonchev–Trinajstić information content (AvgIpc) is 3.14. The van der Waals surface area contributed by atoms with Gasteiger partial charge in [0.25, 0.3) is 7.82 Å². The second-order valence-corrected chi connectivity index (χ2v) is 17.3. The van der Waals surface area contributed by atoms with E-state index in [1.165, 1.54) is 89.9 Å². The number of nitrogens with zero attached hydrogens (tertiary/aromatic N) is 1. The van der Waals surface area contributed by atoms with Crippen LogP contribution < -0.4 is 4.89 Å². The Hall–Kier alpha value is -2.07. The fourth-order valence-electron chi connectivity index (χ4n) is 5.67. The van der Waals surface area contributed by atoms with E-state index >= 15 is 0 Å². The third kappa shape index (κ3) is 40.1. The maximum Gasteiger partial charge on any atom is 0.306 e. The Morgan fingerprint density at radius 1 is 0.661 bits per heavy atom. The van der Waals surface area contributed by atoms with Crippen molar-refractivity contribution in [1.29, 1.82) is 0 Å². The molecule has 0 rings (SSSR count). The van der Waals surface area contributed by atoms with Crippen LogP contribution in [-0.2, 0) is 32.7 Å². The largest absolute Gasteiger partial charge is 0.756 e. The molecule has 0 aromatic heterocycles. The number of carbonyl (C=O) groups excluding carboxylic acids is 2. The summed E-state index contributed by atoms with van der Waals surface area (Å²) in [7, 11) is 1.09. The van der Waals surface area contributed by atoms with E-state index < -0.39 is 38.6 Å². The number of quaternary nitrogens is 1. The van der Waals surface area contributed by atoms with E-state index in [9.17, 15) is 24.2 Å². The molecule has 0 radical (unpaired) electrons. The van der Waals surface area contributed by atoms with Gasteiger partial charge in [-0.2, -0.15) is 0 Å². The number of likely N-dealkylation sites (N-methyl/N-ethyl adjacent to an activating group) is 1. The molecule has 0 aromatic rings. The smallest absolute Gasteiger partial charge is 0.306 e. The minimum atomic E-state index is -4.65. The molecule has 0 aliphatic carbocycles. The van der Waals surface area contributed by atoms with E-state index in [0.717, 1.165) is 19.3 Å². The van der Waals surface area contributed by atoms with Crippen LogP contribution in [0.15, 0.2) is 48.6 Å². The van der Waals surface area contributed by atoms with Gasteiger partial charge in [0.05, 0.1) is 33.9 Å². The molecule has 0 fully saturated rings. The monoisotopic (exact) mass is 812 g/mol. The summed E-state index contributed by atoms with van der Waals surface area (Å²) < 4.78 is 33.8. The molecule has 0 saturated carbocycles. The van der Waals surface area contributed by atoms with Crippen LogP contribution in [-0.4, -0.2) is 81.2 Å². The Labute approximate surface area is 342 Å². The van der Waals surface area contributed by atoms with E-state index in [1.54, 1.807) is 6.08 Å². The predicted molar refractivity (Wildman–Crippen MR) is 228 cm³/mol. The molecule has 0 bridgehead atoms. The number of unbranched alkanes of at least 4 members (excludes halogenated alkanes) is 17. The van der Waals surface area contributed by atoms with Crippen molar-refractivity contribution in [3.05, 3.63) is 48.6 Å². The topological polar surface area (TPSA) is 131 Å². The summed E-state index contributed by atoms with van der Waals surface area (Å²) in [5, 5.41) is 10.1. The molecule has 11 heteroatoms. The molecule has 0 saturated heterocycles. The number of aliphatic hydroxyl groups excluding tert-OH is 1. The number of phosphoric acid groups is 1. The van der Waals surface area contributed by atoms with E-state index in [2.05, 4.69) is 19.9 Å². The summed E-state index contributed by atoms with van der Waals surface area (Å²) in [5.74, 6) is -0.940. The summed E-state index contributed by atoms with van der Waals surface area (Å²) in [5.41, 5.74) is 0. The van der Waals surface area contributed by atoms with Gasteiger partial charge in [-0.25, -0.2) is 0 Å². The lowest BCUT2D eigenvalue weighted by Crippen LogP contribution is -2.37. The van der Waals surface area contributed by atoms with Gasteiger partial charge in [-0.1, -0.05) is 159 Å². The quantitative estimate of drug-likeness (QED) is 0.0161. The number of carbonyl (C=O) groups is 2. The maximum absolute atomic E-state index is 12.6. The molecule has 0 amide bonds. The lowest BCUT2D eigenvalue weighted by atomic mass is 10.0. The zero-order chi connectivity index (χ0) is 41.6. The van der Waals surface area contributed by atoms with Crippen molar-refractivity contribution in [2.75, 3.05) is 47.5 Å². The molecule has 0 aliphatic rings. The molecule has 0 aromatic carbocycles. The highest BCUT2D eigenvalue weighted by Crippen LogP contribution is 2.38. The van der Waals surface area contributed by atoms with Gasteiger partial charge in [-0.15, -0.1) is 0 Å². The number of hydrogen-bond donors (Lipinski definition) is 1. The lowest BCUT2D eigenvalue weighted by Gasteiger charge is -2.28. The standard InChI is InChI=1S/C45H82NO9P/c1-6-8-10-12-14-15-16-17-18-19-20-24-28-32-36-44(48)52-40-43(41-54-56(50,51)53-39-38-46(3,4)5)55-45(49)37-33-29-25-21-23-27-31-35-42(47)34-30-26-22-13-11-9-7-2/h21-22,25-27,30-31,34,42-43,47H,6-20,23-24,28-29,32-33,35-41H2,1-5H3/b25-21+,26-22-,31-27-,34-30-/t42-,43+/m0/s1. The summed E-state index contributed by atoms with van der Waals surface area (Å²) in [4.78, 5) is 37.5. The molecule has 1 unspecified atom stereocenters. The zero-order valence-electron chi connectivity index (χ0n) is 36.2. The fraction of sp³-hybridized carbons (Fsp3) is 0.778. The maximum atomic E-state index is 12.6. The SMILES string of the molecule is CCCCC/C=C\C=C/[C@H](O)C/C=C\C/C=C/CCCC(=O)O[C@H](COC(=O)CCCCCCCCCCCCCCCC)COP(=O)([O-])OCC[N+](C)(C)C. The van der Waals surface area contributed by atoms with E-state index in [-0.39, 0.29) is 26.1 Å². The average molecular weight is 812 g/mol. The van der Waals surface area contributed by atoms with E-state index in [0.29, 0.717) is 43.1 Å². The number of hydrogen-bond acceptors (Lipinski definition) is 9. The van der Waals surface area contributed by atoms with E-state index in [4.69, 9.17) is 18.5 Å². The van der Waals surface area contributed by atoms with Gasteiger partial charge in [-0.05, 0) is 44.9 Å². The highest BCUT2D eigenvalue weighted by molar-refractivity contribution is 7.45. The van der Waals surface area contributed by atoms with Gasteiger partial charge in [0.15, 0.2) is 6.10 Å². The molecule has 1 N–H and O–H groups in total. The number of esters is 2. The molecule has 3 atom stereocenters. The van der Waals surface area contributed by atoms with Crippen molar-refractivity contribution < 1.29 is 47.2 Å². The third-order valence-corrected chi connectivity index (χ3v) is 10.1. The second-order valence-electron chi connectivity index (χ2n) is 15.9. The molecular weight excluding hydrogens is 729 g/mol. The van der Waals surface area contributed by atoms with Crippen molar-refractivity contribution in [3.63, 3.8) is 0 Å². The molecule has 10 nitrogen and oxygen atoms in total. The molecule has 326 valence electrons. The number of phosphoric ester groups is 1. The van der Waals surface area contributed by atoms with Gasteiger partial charge in [0.1, 0.15) is 19.8 Å². The number of allylic oxidation sites excluding steroid dienone is 6. The predicted octanol–water partition coefficient (Wildman–Crippen LogP) is 10.6. The Bertz CT molecular complexity index is 1120. The summed E-state index contributed by atoms with van der Waals surface area (Å²) in [6.45, 7) is 4.03. The summed E-state index contributed by atoms with van der Waals surface area (Å²) >= 11 is 0. The number of ether oxygens (including phenoxy) is 2. The third-order valence-electron chi connectivity index (χ3n) is 9.18. The van der Waals surface area contributed by atoms with Gasteiger partial charge >= 0.3 is 11.9 Å². The molecular formula is C45H82NO9P. The fourth-order valence-corrected chi connectivity index (χ4v) is 6.40. The summed E-state index contributed by atoms with van der Waals surface area (Å²) in [6, 6.07) is 0. The number of rotatable bonds is 39. The Balaban J connectivity index is 4.52. The first-order valence-electron chi connectivity index (χ1n) is 22.0. The lowest BCUT2D eigenvalue weighted by molar-refractivity contribution is -0.870. The van der Waals surface area contributed by atoms with Crippen LogP contribution in [0, 0.1) is 0 Å². The number of aliphatic hydroxyl groups is 1. The Kier molecular flexibility index (Phi) is 35.8. The van der Waals surface area contributed by atoms with Crippen LogP contribution in [0.3, 0.4) is 0 Å². The van der Waals surface area contributed by atoms with Gasteiger partial charge in [-0.3, -0.25) is 14.2 Å². The molecule has 0 spiro atoms. The second kappa shape index (κ2) is 37.2.